The number of piperazine rings is 1. The summed E-state index contributed by atoms with van der Waals surface area (Å²) < 4.78 is 0. The van der Waals surface area contributed by atoms with E-state index in [4.69, 9.17) is 0 Å². The van der Waals surface area contributed by atoms with Crippen molar-refractivity contribution in [2.24, 2.45) is 5.92 Å². The van der Waals surface area contributed by atoms with Gasteiger partial charge in [0.25, 0.3) is 0 Å². The Morgan fingerprint density at radius 2 is 1.85 bits per heavy atom. The highest BCUT2D eigenvalue weighted by Gasteiger charge is 2.40. The summed E-state index contributed by atoms with van der Waals surface area (Å²) in [5.74, 6) is 0.270. The smallest absolute Gasteiger partial charge is 0.248 e. The molecule has 20 heavy (non-hydrogen) atoms. The molecule has 0 aliphatic carbocycles. The standard InChI is InChI=1S/C16H22N2O2/c1-4-13-16(20)18(10-11(2)3)14(15(19)17-13)12-8-6-5-7-9-12/h5-9,11,13-14H,4,10H2,1-3H3,(H,17,19). The predicted molar refractivity (Wildman–Crippen MR) is 78.0 cm³/mol. The lowest BCUT2D eigenvalue weighted by atomic mass is 9.97. The van der Waals surface area contributed by atoms with Crippen LogP contribution in [-0.2, 0) is 9.59 Å². The predicted octanol–water partition coefficient (Wildman–Crippen LogP) is 2.12. The van der Waals surface area contributed by atoms with Gasteiger partial charge in [-0.3, -0.25) is 9.59 Å². The monoisotopic (exact) mass is 274 g/mol. The van der Waals surface area contributed by atoms with Crippen molar-refractivity contribution in [2.45, 2.75) is 39.3 Å². The molecule has 4 nitrogen and oxygen atoms in total. The average Bonchev–Trinajstić information content (AvgIpc) is 2.43. The molecule has 2 unspecified atom stereocenters. The number of carbonyl (C=O) groups is 2. The molecule has 0 aromatic heterocycles. The van der Waals surface area contributed by atoms with Crippen molar-refractivity contribution in [1.29, 1.82) is 0 Å². The Hall–Kier alpha value is -1.84. The first-order valence-electron chi connectivity index (χ1n) is 7.20. The van der Waals surface area contributed by atoms with E-state index in [-0.39, 0.29) is 17.9 Å². The van der Waals surface area contributed by atoms with E-state index in [0.717, 1.165) is 5.56 Å². The van der Waals surface area contributed by atoms with E-state index in [1.165, 1.54) is 0 Å². The summed E-state index contributed by atoms with van der Waals surface area (Å²) >= 11 is 0. The minimum Gasteiger partial charge on any atom is -0.342 e. The molecule has 2 rings (SSSR count). The molecule has 1 N–H and O–H groups in total. The zero-order valence-corrected chi connectivity index (χ0v) is 12.3. The number of benzene rings is 1. The Morgan fingerprint density at radius 1 is 1.20 bits per heavy atom. The van der Waals surface area contributed by atoms with E-state index in [0.29, 0.717) is 18.9 Å². The third kappa shape index (κ3) is 2.84. The Bertz CT molecular complexity index is 485. The topological polar surface area (TPSA) is 49.4 Å². The van der Waals surface area contributed by atoms with Gasteiger partial charge in [0.05, 0.1) is 0 Å². The SMILES string of the molecule is CCC1NC(=O)C(c2ccccc2)N(CC(C)C)C1=O. The molecule has 1 aromatic carbocycles. The molecule has 0 bridgehead atoms. The maximum Gasteiger partial charge on any atom is 0.248 e. The number of carbonyl (C=O) groups excluding carboxylic acids is 2. The fourth-order valence-corrected chi connectivity index (χ4v) is 2.61. The molecule has 108 valence electrons. The van der Waals surface area contributed by atoms with Crippen LogP contribution in [-0.4, -0.2) is 29.3 Å². The van der Waals surface area contributed by atoms with Gasteiger partial charge in [-0.1, -0.05) is 51.1 Å². The highest BCUT2D eigenvalue weighted by atomic mass is 16.2. The van der Waals surface area contributed by atoms with Gasteiger partial charge in [0, 0.05) is 6.54 Å². The Balaban J connectivity index is 2.36. The van der Waals surface area contributed by atoms with Crippen molar-refractivity contribution in [3.8, 4) is 0 Å². The van der Waals surface area contributed by atoms with E-state index in [1.54, 1.807) is 4.90 Å². The summed E-state index contributed by atoms with van der Waals surface area (Å²) in [6.45, 7) is 6.63. The molecule has 0 spiro atoms. The lowest BCUT2D eigenvalue weighted by Gasteiger charge is -2.39. The molecular weight excluding hydrogens is 252 g/mol. The maximum atomic E-state index is 12.5. The van der Waals surface area contributed by atoms with E-state index in [1.807, 2.05) is 37.3 Å². The molecule has 2 atom stereocenters. The van der Waals surface area contributed by atoms with Crippen LogP contribution in [0.15, 0.2) is 30.3 Å². The second-order valence-electron chi connectivity index (χ2n) is 5.67. The van der Waals surface area contributed by atoms with Gasteiger partial charge < -0.3 is 10.2 Å². The number of nitrogens with one attached hydrogen (secondary N) is 1. The summed E-state index contributed by atoms with van der Waals surface area (Å²) in [5, 5.41) is 2.84. The van der Waals surface area contributed by atoms with Crippen LogP contribution in [0.4, 0.5) is 0 Å². The van der Waals surface area contributed by atoms with Crippen LogP contribution in [0.1, 0.15) is 38.8 Å². The molecule has 1 aliphatic heterocycles. The van der Waals surface area contributed by atoms with Crippen LogP contribution < -0.4 is 5.32 Å². The van der Waals surface area contributed by atoms with Gasteiger partial charge in [0.15, 0.2) is 0 Å². The molecule has 1 fully saturated rings. The maximum absolute atomic E-state index is 12.5. The van der Waals surface area contributed by atoms with Gasteiger partial charge in [0.2, 0.25) is 11.8 Å². The summed E-state index contributed by atoms with van der Waals surface area (Å²) in [4.78, 5) is 26.7. The van der Waals surface area contributed by atoms with Crippen LogP contribution in [0.5, 0.6) is 0 Å². The fourth-order valence-electron chi connectivity index (χ4n) is 2.61. The molecule has 0 radical (unpaired) electrons. The van der Waals surface area contributed by atoms with Gasteiger partial charge >= 0.3 is 0 Å². The number of hydrogen-bond acceptors (Lipinski definition) is 2. The Kier molecular flexibility index (Phi) is 4.42. The minimum absolute atomic E-state index is 0.0228. The van der Waals surface area contributed by atoms with Gasteiger partial charge in [-0.25, -0.2) is 0 Å². The van der Waals surface area contributed by atoms with Crippen LogP contribution >= 0.6 is 0 Å². The van der Waals surface area contributed by atoms with E-state index < -0.39 is 6.04 Å². The van der Waals surface area contributed by atoms with Gasteiger partial charge in [-0.05, 0) is 17.9 Å². The average molecular weight is 274 g/mol. The largest absolute Gasteiger partial charge is 0.342 e. The first-order chi connectivity index (χ1) is 9.54. The molecule has 0 saturated carbocycles. The van der Waals surface area contributed by atoms with Crippen molar-refractivity contribution in [2.75, 3.05) is 6.54 Å². The van der Waals surface area contributed by atoms with E-state index >= 15 is 0 Å². The number of nitrogens with zero attached hydrogens (tertiary/aromatic N) is 1. The number of rotatable bonds is 4. The van der Waals surface area contributed by atoms with Crippen molar-refractivity contribution >= 4 is 11.8 Å². The van der Waals surface area contributed by atoms with Crippen molar-refractivity contribution in [1.82, 2.24) is 10.2 Å². The quantitative estimate of drug-likeness (QED) is 0.914. The lowest BCUT2D eigenvalue weighted by Crippen LogP contribution is -2.59. The molecule has 1 aromatic rings. The van der Waals surface area contributed by atoms with E-state index in [9.17, 15) is 9.59 Å². The summed E-state index contributed by atoms with van der Waals surface area (Å²) in [7, 11) is 0. The third-order valence-electron chi connectivity index (χ3n) is 3.54. The first kappa shape index (κ1) is 14.6. The Morgan fingerprint density at radius 3 is 2.40 bits per heavy atom. The van der Waals surface area contributed by atoms with Gasteiger partial charge in [-0.2, -0.15) is 0 Å². The van der Waals surface area contributed by atoms with Crippen molar-refractivity contribution < 1.29 is 9.59 Å². The Labute approximate surface area is 120 Å². The zero-order valence-electron chi connectivity index (χ0n) is 12.3. The lowest BCUT2D eigenvalue weighted by molar-refractivity contribution is -0.150. The van der Waals surface area contributed by atoms with Crippen LogP contribution in [0, 0.1) is 5.92 Å². The highest BCUT2D eigenvalue weighted by molar-refractivity contribution is 5.97. The van der Waals surface area contributed by atoms with Crippen LogP contribution in [0.3, 0.4) is 0 Å². The number of hydrogen-bond donors (Lipinski definition) is 1. The van der Waals surface area contributed by atoms with Gasteiger partial charge in [0.1, 0.15) is 12.1 Å². The molecule has 1 heterocycles. The van der Waals surface area contributed by atoms with Crippen molar-refractivity contribution in [3.05, 3.63) is 35.9 Å². The fraction of sp³-hybridized carbons (Fsp3) is 0.500. The first-order valence-corrected chi connectivity index (χ1v) is 7.20. The highest BCUT2D eigenvalue weighted by Crippen LogP contribution is 2.27. The molecular formula is C16H22N2O2. The summed E-state index contributed by atoms with van der Waals surface area (Å²) in [5.41, 5.74) is 0.869. The van der Waals surface area contributed by atoms with Crippen molar-refractivity contribution in [3.63, 3.8) is 0 Å². The normalized spacial score (nSPS) is 23.1. The third-order valence-corrected chi connectivity index (χ3v) is 3.54. The number of amides is 2. The van der Waals surface area contributed by atoms with E-state index in [2.05, 4.69) is 19.2 Å². The summed E-state index contributed by atoms with van der Waals surface area (Å²) in [6, 6.07) is 8.61. The summed E-state index contributed by atoms with van der Waals surface area (Å²) in [6.07, 6.45) is 0.626. The molecule has 2 amide bonds. The van der Waals surface area contributed by atoms with Gasteiger partial charge in [-0.15, -0.1) is 0 Å². The second kappa shape index (κ2) is 6.07. The second-order valence-corrected chi connectivity index (χ2v) is 5.67. The molecule has 1 aliphatic rings. The van der Waals surface area contributed by atoms with Crippen LogP contribution in [0.25, 0.3) is 0 Å². The van der Waals surface area contributed by atoms with Crippen LogP contribution in [0.2, 0.25) is 0 Å². The molecule has 4 heteroatoms. The zero-order chi connectivity index (χ0) is 14.7. The molecule has 1 saturated heterocycles. The minimum atomic E-state index is -0.506.